The third kappa shape index (κ3) is 4.07. The van der Waals surface area contributed by atoms with Crippen LogP contribution in [0.2, 0.25) is 0 Å². The summed E-state index contributed by atoms with van der Waals surface area (Å²) >= 11 is 0. The van der Waals surface area contributed by atoms with Gasteiger partial charge in [-0.3, -0.25) is 9.69 Å². The summed E-state index contributed by atoms with van der Waals surface area (Å²) in [6.07, 6.45) is 2.04. The number of rotatable bonds is 6. The molecule has 0 aromatic carbocycles. The summed E-state index contributed by atoms with van der Waals surface area (Å²) in [6, 6.07) is 0. The molecule has 0 rings (SSSR count). The molecular weight excluding hydrogens is 180 g/mol. The van der Waals surface area contributed by atoms with Crippen molar-refractivity contribution in [2.24, 2.45) is 5.92 Å². The lowest BCUT2D eigenvalue weighted by molar-refractivity contribution is -0.133. The predicted molar refractivity (Wildman–Crippen MR) is 56.8 cm³/mol. The SMILES string of the molecule is CCCCC(C(=O)NC)C(O)N(C)C. The fourth-order valence-electron chi connectivity index (χ4n) is 1.38. The Balaban J connectivity index is 4.30. The highest BCUT2D eigenvalue weighted by atomic mass is 16.3. The average molecular weight is 202 g/mol. The lowest BCUT2D eigenvalue weighted by Crippen LogP contribution is -2.43. The minimum atomic E-state index is -0.693. The van der Waals surface area contributed by atoms with Gasteiger partial charge in [0, 0.05) is 7.05 Å². The monoisotopic (exact) mass is 202 g/mol. The van der Waals surface area contributed by atoms with Crippen LogP contribution in [-0.4, -0.2) is 43.3 Å². The molecule has 0 radical (unpaired) electrons. The molecule has 0 aliphatic rings. The van der Waals surface area contributed by atoms with E-state index in [1.54, 1.807) is 26.0 Å². The lowest BCUT2D eigenvalue weighted by Gasteiger charge is -2.26. The van der Waals surface area contributed by atoms with E-state index in [9.17, 15) is 9.90 Å². The van der Waals surface area contributed by atoms with Crippen molar-refractivity contribution in [3.05, 3.63) is 0 Å². The molecule has 84 valence electrons. The van der Waals surface area contributed by atoms with E-state index >= 15 is 0 Å². The van der Waals surface area contributed by atoms with Crippen molar-refractivity contribution in [2.75, 3.05) is 21.1 Å². The molecule has 0 saturated carbocycles. The van der Waals surface area contributed by atoms with Crippen molar-refractivity contribution in [3.63, 3.8) is 0 Å². The van der Waals surface area contributed by atoms with Gasteiger partial charge in [-0.1, -0.05) is 19.8 Å². The summed E-state index contributed by atoms with van der Waals surface area (Å²) in [5.41, 5.74) is 0. The van der Waals surface area contributed by atoms with E-state index in [0.717, 1.165) is 19.3 Å². The maximum absolute atomic E-state index is 11.5. The van der Waals surface area contributed by atoms with E-state index < -0.39 is 6.23 Å². The molecule has 0 spiro atoms. The van der Waals surface area contributed by atoms with E-state index in [1.807, 2.05) is 0 Å². The number of carbonyl (C=O) groups is 1. The summed E-state index contributed by atoms with van der Waals surface area (Å²) in [7, 11) is 5.14. The number of unbranched alkanes of at least 4 members (excludes halogenated alkanes) is 1. The smallest absolute Gasteiger partial charge is 0.226 e. The number of nitrogens with one attached hydrogen (secondary N) is 1. The average Bonchev–Trinajstić information content (AvgIpc) is 2.17. The fraction of sp³-hybridized carbons (Fsp3) is 0.900. The van der Waals surface area contributed by atoms with Crippen molar-refractivity contribution < 1.29 is 9.90 Å². The highest BCUT2D eigenvalue weighted by Crippen LogP contribution is 2.14. The Bertz CT molecular complexity index is 172. The summed E-state index contributed by atoms with van der Waals surface area (Å²) in [5, 5.41) is 12.4. The lowest BCUT2D eigenvalue weighted by atomic mass is 9.99. The first kappa shape index (κ1) is 13.4. The molecule has 0 fully saturated rings. The van der Waals surface area contributed by atoms with Crippen molar-refractivity contribution in [1.29, 1.82) is 0 Å². The minimum absolute atomic E-state index is 0.0837. The van der Waals surface area contributed by atoms with Crippen molar-refractivity contribution in [1.82, 2.24) is 10.2 Å². The van der Waals surface area contributed by atoms with Crippen molar-refractivity contribution in [3.8, 4) is 0 Å². The van der Waals surface area contributed by atoms with Crippen molar-refractivity contribution in [2.45, 2.75) is 32.4 Å². The Morgan fingerprint density at radius 1 is 1.50 bits per heavy atom. The molecule has 0 aromatic rings. The number of carbonyl (C=O) groups excluding carboxylic acids is 1. The molecule has 4 nitrogen and oxygen atoms in total. The largest absolute Gasteiger partial charge is 0.378 e. The highest BCUT2D eigenvalue weighted by molar-refractivity contribution is 5.78. The second-order valence-electron chi connectivity index (χ2n) is 3.74. The third-order valence-electron chi connectivity index (χ3n) is 2.34. The molecule has 0 aliphatic heterocycles. The zero-order valence-corrected chi connectivity index (χ0v) is 9.58. The molecule has 14 heavy (non-hydrogen) atoms. The number of amides is 1. The minimum Gasteiger partial charge on any atom is -0.378 e. The molecule has 1 amide bonds. The van der Waals surface area contributed by atoms with Crippen LogP contribution in [0.25, 0.3) is 0 Å². The van der Waals surface area contributed by atoms with Gasteiger partial charge in [-0.25, -0.2) is 0 Å². The summed E-state index contributed by atoms with van der Waals surface area (Å²) in [5.74, 6) is -0.408. The van der Waals surface area contributed by atoms with Gasteiger partial charge in [0.1, 0.15) is 6.23 Å². The molecule has 0 heterocycles. The standard InChI is InChI=1S/C10H22N2O2/c1-5-6-7-8(9(13)11-2)10(14)12(3)4/h8,10,14H,5-7H2,1-4H3,(H,11,13). The fourth-order valence-corrected chi connectivity index (χ4v) is 1.38. The number of nitrogens with zero attached hydrogens (tertiary/aromatic N) is 1. The quantitative estimate of drug-likeness (QED) is 0.614. The van der Waals surface area contributed by atoms with Gasteiger partial charge in [0.15, 0.2) is 0 Å². The van der Waals surface area contributed by atoms with Crippen LogP contribution in [-0.2, 0) is 4.79 Å². The van der Waals surface area contributed by atoms with Crippen LogP contribution >= 0.6 is 0 Å². The molecule has 0 aromatic heterocycles. The van der Waals surface area contributed by atoms with E-state index in [4.69, 9.17) is 0 Å². The van der Waals surface area contributed by atoms with Gasteiger partial charge in [-0.05, 0) is 20.5 Å². The van der Waals surface area contributed by atoms with Crippen LogP contribution in [0.5, 0.6) is 0 Å². The molecular formula is C10H22N2O2. The Morgan fingerprint density at radius 3 is 2.43 bits per heavy atom. The number of hydrogen-bond acceptors (Lipinski definition) is 3. The van der Waals surface area contributed by atoms with Gasteiger partial charge in [0.05, 0.1) is 5.92 Å². The third-order valence-corrected chi connectivity index (χ3v) is 2.34. The molecule has 2 N–H and O–H groups in total. The van der Waals surface area contributed by atoms with Crippen LogP contribution in [0, 0.1) is 5.92 Å². The van der Waals surface area contributed by atoms with Gasteiger partial charge in [0.2, 0.25) is 5.91 Å². The molecule has 0 bridgehead atoms. The highest BCUT2D eigenvalue weighted by Gasteiger charge is 2.26. The maximum Gasteiger partial charge on any atom is 0.226 e. The topological polar surface area (TPSA) is 52.6 Å². The molecule has 0 saturated heterocycles. The van der Waals surface area contributed by atoms with Crippen LogP contribution in [0.15, 0.2) is 0 Å². The van der Waals surface area contributed by atoms with E-state index in [1.165, 1.54) is 0 Å². The van der Waals surface area contributed by atoms with Gasteiger partial charge in [-0.15, -0.1) is 0 Å². The van der Waals surface area contributed by atoms with Gasteiger partial charge in [0.25, 0.3) is 0 Å². The molecule has 2 unspecified atom stereocenters. The van der Waals surface area contributed by atoms with Crippen LogP contribution < -0.4 is 5.32 Å². The van der Waals surface area contributed by atoms with E-state index in [0.29, 0.717) is 0 Å². The van der Waals surface area contributed by atoms with Gasteiger partial charge < -0.3 is 10.4 Å². The number of hydrogen-bond donors (Lipinski definition) is 2. The normalized spacial score (nSPS) is 15.3. The van der Waals surface area contributed by atoms with Gasteiger partial charge in [-0.2, -0.15) is 0 Å². The zero-order valence-electron chi connectivity index (χ0n) is 9.58. The predicted octanol–water partition coefficient (Wildman–Crippen LogP) is 0.419. The first-order chi connectivity index (χ1) is 6.54. The second kappa shape index (κ2) is 6.79. The summed E-state index contributed by atoms with van der Waals surface area (Å²) in [6.45, 7) is 2.07. The Hall–Kier alpha value is -0.610. The molecule has 0 aliphatic carbocycles. The molecule has 4 heteroatoms. The Labute approximate surface area is 86.3 Å². The molecule has 2 atom stereocenters. The van der Waals surface area contributed by atoms with E-state index in [-0.39, 0.29) is 11.8 Å². The Kier molecular flexibility index (Phi) is 6.49. The maximum atomic E-state index is 11.5. The second-order valence-corrected chi connectivity index (χ2v) is 3.74. The summed E-state index contributed by atoms with van der Waals surface area (Å²) < 4.78 is 0. The first-order valence-corrected chi connectivity index (χ1v) is 5.10. The Morgan fingerprint density at radius 2 is 2.07 bits per heavy atom. The van der Waals surface area contributed by atoms with Crippen LogP contribution in [0.1, 0.15) is 26.2 Å². The van der Waals surface area contributed by atoms with E-state index in [2.05, 4.69) is 12.2 Å². The summed E-state index contributed by atoms with van der Waals surface area (Å²) in [4.78, 5) is 13.1. The zero-order chi connectivity index (χ0) is 11.1. The van der Waals surface area contributed by atoms with Crippen molar-refractivity contribution >= 4 is 5.91 Å². The number of aliphatic hydroxyl groups excluding tert-OH is 1. The van der Waals surface area contributed by atoms with Gasteiger partial charge >= 0.3 is 0 Å². The number of aliphatic hydroxyl groups is 1. The van der Waals surface area contributed by atoms with Crippen LogP contribution in [0.3, 0.4) is 0 Å². The first-order valence-electron chi connectivity index (χ1n) is 5.10. The van der Waals surface area contributed by atoms with Crippen LogP contribution in [0.4, 0.5) is 0 Å².